The van der Waals surface area contributed by atoms with E-state index in [4.69, 9.17) is 5.73 Å². The Labute approximate surface area is 129 Å². The molecule has 8 heteroatoms. The van der Waals surface area contributed by atoms with Crippen LogP contribution in [-0.2, 0) is 0 Å². The number of nitrogens with two attached hydrogens (primary N) is 1. The Bertz CT molecular complexity index is 977. The zero-order chi connectivity index (χ0) is 16.4. The molecular formula is C15H11N5O3. The summed E-state index contributed by atoms with van der Waals surface area (Å²) < 4.78 is 1.96. The van der Waals surface area contributed by atoms with E-state index < -0.39 is 17.2 Å². The van der Waals surface area contributed by atoms with Crippen LogP contribution in [0.5, 0.6) is 0 Å². The van der Waals surface area contributed by atoms with Crippen molar-refractivity contribution in [2.24, 2.45) is 5.73 Å². The number of nitrogens with zero attached hydrogens (tertiary/aromatic N) is 4. The summed E-state index contributed by atoms with van der Waals surface area (Å²) in [6.07, 6.45) is 3.73. The molecule has 23 heavy (non-hydrogen) atoms. The number of carbonyl (C=O) groups is 1. The van der Waals surface area contributed by atoms with E-state index in [2.05, 4.69) is 9.97 Å². The Kier molecular flexibility index (Phi) is 3.55. The molecule has 0 aliphatic carbocycles. The first-order valence-corrected chi connectivity index (χ1v) is 6.60. The number of benzene rings is 1. The molecule has 114 valence electrons. The van der Waals surface area contributed by atoms with Crippen LogP contribution in [-0.4, -0.2) is 25.0 Å². The van der Waals surface area contributed by atoms with Gasteiger partial charge in [0.05, 0.1) is 5.69 Å². The van der Waals surface area contributed by atoms with Crippen LogP contribution in [0.4, 0.5) is 0 Å². The van der Waals surface area contributed by atoms with Crippen LogP contribution < -0.4 is 17.0 Å². The van der Waals surface area contributed by atoms with Gasteiger partial charge in [-0.25, -0.2) is 19.3 Å². The van der Waals surface area contributed by atoms with E-state index in [0.717, 1.165) is 10.8 Å². The van der Waals surface area contributed by atoms with E-state index in [1.807, 2.05) is 0 Å². The zero-order valence-electron chi connectivity index (χ0n) is 11.8. The second-order valence-corrected chi connectivity index (χ2v) is 4.60. The van der Waals surface area contributed by atoms with Gasteiger partial charge in [0.15, 0.2) is 0 Å². The molecule has 0 atom stereocenters. The molecule has 0 aliphatic rings. The topological polar surface area (TPSA) is 113 Å². The lowest BCUT2D eigenvalue weighted by Crippen LogP contribution is -2.42. The smallest absolute Gasteiger partial charge is 0.341 e. The Morgan fingerprint density at radius 2 is 1.83 bits per heavy atom. The van der Waals surface area contributed by atoms with Crippen molar-refractivity contribution >= 4 is 5.91 Å². The number of hydrogen-bond donors (Lipinski definition) is 1. The molecule has 0 bridgehead atoms. The third-order valence-electron chi connectivity index (χ3n) is 3.18. The number of primary amides is 1. The van der Waals surface area contributed by atoms with E-state index in [0.29, 0.717) is 5.69 Å². The Hall–Kier alpha value is -3.55. The summed E-state index contributed by atoms with van der Waals surface area (Å²) >= 11 is 0. The largest absolute Gasteiger partial charge is 0.365 e. The number of hydrogen-bond acceptors (Lipinski definition) is 5. The van der Waals surface area contributed by atoms with E-state index in [9.17, 15) is 14.4 Å². The maximum absolute atomic E-state index is 12.7. The van der Waals surface area contributed by atoms with Gasteiger partial charge in [0.25, 0.3) is 11.5 Å². The van der Waals surface area contributed by atoms with E-state index in [-0.39, 0.29) is 11.4 Å². The fourth-order valence-electron chi connectivity index (χ4n) is 2.12. The Balaban J connectivity index is 2.41. The summed E-state index contributed by atoms with van der Waals surface area (Å²) in [6.45, 7) is 0. The lowest BCUT2D eigenvalue weighted by atomic mass is 10.3. The minimum atomic E-state index is -0.928. The number of para-hydroxylation sites is 1. The molecular weight excluding hydrogens is 298 g/mol. The highest BCUT2D eigenvalue weighted by molar-refractivity contribution is 5.92. The highest BCUT2D eigenvalue weighted by Gasteiger charge is 2.17. The average molecular weight is 309 g/mol. The van der Waals surface area contributed by atoms with Gasteiger partial charge in [-0.05, 0) is 18.2 Å². The lowest BCUT2D eigenvalue weighted by Gasteiger charge is -2.11. The van der Waals surface area contributed by atoms with Crippen molar-refractivity contribution in [3.63, 3.8) is 0 Å². The average Bonchev–Trinajstić information content (AvgIpc) is 2.56. The molecule has 3 rings (SSSR count). The molecule has 0 spiro atoms. The maximum Gasteiger partial charge on any atom is 0.341 e. The number of rotatable bonds is 3. The van der Waals surface area contributed by atoms with Crippen molar-refractivity contribution in [2.45, 2.75) is 0 Å². The quantitative estimate of drug-likeness (QED) is 0.724. The summed E-state index contributed by atoms with van der Waals surface area (Å²) in [5.74, 6) is -0.870. The molecule has 1 amide bonds. The first kappa shape index (κ1) is 14.4. The van der Waals surface area contributed by atoms with Gasteiger partial charge in [-0.3, -0.25) is 14.2 Å². The first-order chi connectivity index (χ1) is 11.1. The highest BCUT2D eigenvalue weighted by atomic mass is 16.2. The summed E-state index contributed by atoms with van der Waals surface area (Å²) in [7, 11) is 0. The van der Waals surface area contributed by atoms with Gasteiger partial charge < -0.3 is 5.73 Å². The molecule has 0 aliphatic heterocycles. The molecule has 1 aromatic carbocycles. The molecule has 0 fully saturated rings. The summed E-state index contributed by atoms with van der Waals surface area (Å²) in [4.78, 5) is 44.3. The molecule has 0 radical (unpaired) electrons. The minimum Gasteiger partial charge on any atom is -0.365 e. The molecule has 3 aromatic rings. The highest BCUT2D eigenvalue weighted by Crippen LogP contribution is 2.05. The van der Waals surface area contributed by atoms with Gasteiger partial charge in [-0.2, -0.15) is 0 Å². The van der Waals surface area contributed by atoms with Crippen molar-refractivity contribution in [1.29, 1.82) is 0 Å². The number of amides is 1. The third kappa shape index (κ3) is 2.53. The predicted molar refractivity (Wildman–Crippen MR) is 81.7 cm³/mol. The SMILES string of the molecule is NC(=O)c1cn(-c2ccccc2)c(=O)n(-c2ccncn2)c1=O. The van der Waals surface area contributed by atoms with Crippen molar-refractivity contribution < 1.29 is 4.79 Å². The normalized spacial score (nSPS) is 10.4. The van der Waals surface area contributed by atoms with Crippen LogP contribution in [0.1, 0.15) is 10.4 Å². The molecule has 2 heterocycles. The van der Waals surface area contributed by atoms with Gasteiger partial charge in [0, 0.05) is 12.4 Å². The van der Waals surface area contributed by atoms with Crippen LogP contribution in [0.3, 0.4) is 0 Å². The van der Waals surface area contributed by atoms with Crippen molar-refractivity contribution in [3.8, 4) is 11.5 Å². The third-order valence-corrected chi connectivity index (χ3v) is 3.18. The van der Waals surface area contributed by atoms with Gasteiger partial charge in [0.2, 0.25) is 0 Å². The van der Waals surface area contributed by atoms with E-state index >= 15 is 0 Å². The van der Waals surface area contributed by atoms with Crippen molar-refractivity contribution in [1.82, 2.24) is 19.1 Å². The molecule has 2 N–H and O–H groups in total. The van der Waals surface area contributed by atoms with E-state index in [1.54, 1.807) is 30.3 Å². The summed E-state index contributed by atoms with van der Waals surface area (Å²) in [6, 6.07) is 9.96. The van der Waals surface area contributed by atoms with Crippen LogP contribution in [0.25, 0.3) is 11.5 Å². The summed E-state index contributed by atoms with van der Waals surface area (Å²) in [5, 5.41) is 0. The maximum atomic E-state index is 12.7. The van der Waals surface area contributed by atoms with Crippen LogP contribution >= 0.6 is 0 Å². The fourth-order valence-corrected chi connectivity index (χ4v) is 2.12. The van der Waals surface area contributed by atoms with Gasteiger partial charge in [0.1, 0.15) is 17.7 Å². The van der Waals surface area contributed by atoms with Gasteiger partial charge >= 0.3 is 5.69 Å². The second-order valence-electron chi connectivity index (χ2n) is 4.60. The molecule has 0 unspecified atom stereocenters. The zero-order valence-corrected chi connectivity index (χ0v) is 11.8. The second kappa shape index (κ2) is 5.68. The van der Waals surface area contributed by atoms with Gasteiger partial charge in [-0.15, -0.1) is 0 Å². The molecule has 2 aromatic heterocycles. The number of aromatic nitrogens is 4. The monoisotopic (exact) mass is 309 g/mol. The van der Waals surface area contributed by atoms with Gasteiger partial charge in [-0.1, -0.05) is 18.2 Å². The van der Waals surface area contributed by atoms with Crippen molar-refractivity contribution in [3.05, 3.63) is 81.5 Å². The fraction of sp³-hybridized carbons (Fsp3) is 0. The molecule has 0 saturated heterocycles. The molecule has 0 saturated carbocycles. The molecule has 8 nitrogen and oxygen atoms in total. The van der Waals surface area contributed by atoms with Crippen LogP contribution in [0.2, 0.25) is 0 Å². The lowest BCUT2D eigenvalue weighted by molar-refractivity contribution is 0.0997. The summed E-state index contributed by atoms with van der Waals surface area (Å²) in [5.41, 5.74) is 3.95. The first-order valence-electron chi connectivity index (χ1n) is 6.60. The number of carbonyl (C=O) groups excluding carboxylic acids is 1. The minimum absolute atomic E-state index is 0.0581. The van der Waals surface area contributed by atoms with E-state index in [1.165, 1.54) is 23.2 Å². The Morgan fingerprint density at radius 1 is 1.09 bits per heavy atom. The van der Waals surface area contributed by atoms with Crippen molar-refractivity contribution in [2.75, 3.05) is 0 Å². The Morgan fingerprint density at radius 3 is 2.43 bits per heavy atom. The predicted octanol–water partition coefficient (Wildman–Crippen LogP) is -0.123. The standard InChI is InChI=1S/C15H11N5O3/c16-13(21)11-8-19(10-4-2-1-3-5-10)15(23)20(14(11)22)12-6-7-17-9-18-12/h1-9H,(H2,16,21). The van der Waals surface area contributed by atoms with Crippen LogP contribution in [0, 0.1) is 0 Å². The van der Waals surface area contributed by atoms with Crippen LogP contribution in [0.15, 0.2) is 64.7 Å².